The molecule has 2 nitrogen and oxygen atoms in total. The molecule has 0 saturated heterocycles. The number of amides is 1. The molecule has 1 N–H and O–H groups in total. The number of carbonyl (C=O) groups excluding carboxylic acids is 1. The van der Waals surface area contributed by atoms with Crippen LogP contribution in [0.4, 0.5) is 0 Å². The molecule has 1 amide bonds. The topological polar surface area (TPSA) is 29.1 Å². The third-order valence-electron chi connectivity index (χ3n) is 2.38. The molecule has 1 rings (SSSR count). The minimum absolute atomic E-state index is 0.0963. The summed E-state index contributed by atoms with van der Waals surface area (Å²) in [6.45, 7) is 4.17. The highest BCUT2D eigenvalue weighted by Crippen LogP contribution is 2.12. The van der Waals surface area contributed by atoms with Gasteiger partial charge in [-0.15, -0.1) is 0 Å². The fourth-order valence-corrected chi connectivity index (χ4v) is 2.11. The maximum Gasteiger partial charge on any atom is 0.224 e. The molecule has 1 aromatic carbocycles. The van der Waals surface area contributed by atoms with Gasteiger partial charge in [-0.1, -0.05) is 41.4 Å². The molecule has 1 atom stereocenters. The Balaban J connectivity index is 2.45. The van der Waals surface area contributed by atoms with E-state index in [0.717, 1.165) is 22.9 Å². The van der Waals surface area contributed by atoms with Crippen LogP contribution in [0.5, 0.6) is 0 Å². The van der Waals surface area contributed by atoms with Crippen molar-refractivity contribution in [2.75, 3.05) is 0 Å². The van der Waals surface area contributed by atoms with Crippen molar-refractivity contribution in [1.29, 1.82) is 0 Å². The van der Waals surface area contributed by atoms with Crippen molar-refractivity contribution in [3.8, 4) is 0 Å². The Kier molecular flexibility index (Phi) is 5.53. The van der Waals surface area contributed by atoms with E-state index in [9.17, 15) is 4.79 Å². The lowest BCUT2D eigenvalue weighted by Crippen LogP contribution is -2.33. The molecule has 0 saturated carbocycles. The van der Waals surface area contributed by atoms with Crippen molar-refractivity contribution in [2.24, 2.45) is 0 Å². The molecule has 0 bridgehead atoms. The van der Waals surface area contributed by atoms with Crippen LogP contribution in [-0.2, 0) is 11.2 Å². The maximum atomic E-state index is 11.7. The lowest BCUT2D eigenvalue weighted by Gasteiger charge is -2.12. The van der Waals surface area contributed by atoms with Crippen LogP contribution in [0.25, 0.3) is 0 Å². The third-order valence-corrected chi connectivity index (χ3v) is 2.88. The van der Waals surface area contributed by atoms with Crippen molar-refractivity contribution in [2.45, 2.75) is 39.2 Å². The lowest BCUT2D eigenvalue weighted by molar-refractivity contribution is -0.121. The third kappa shape index (κ3) is 4.79. The normalized spacial score (nSPS) is 12.2. The van der Waals surface area contributed by atoms with Crippen LogP contribution in [0, 0.1) is 0 Å². The molecule has 0 aliphatic carbocycles. The summed E-state index contributed by atoms with van der Waals surface area (Å²) in [6.07, 6.45) is 2.58. The fourth-order valence-electron chi connectivity index (χ4n) is 1.66. The zero-order chi connectivity index (χ0) is 12.0. The lowest BCUT2D eigenvalue weighted by atomic mass is 10.1. The standard InChI is InChI=1S/C13H18BrNO/c1-3-5-10(2)15-13(16)9-11-6-4-7-12(14)8-11/h4,6-8,10H,3,5,9H2,1-2H3,(H,15,16)/t10-/m0/s1. The van der Waals surface area contributed by atoms with E-state index in [4.69, 9.17) is 0 Å². The van der Waals surface area contributed by atoms with E-state index in [1.165, 1.54) is 0 Å². The van der Waals surface area contributed by atoms with Gasteiger partial charge >= 0.3 is 0 Å². The van der Waals surface area contributed by atoms with Crippen molar-refractivity contribution < 1.29 is 4.79 Å². The number of carbonyl (C=O) groups is 1. The van der Waals surface area contributed by atoms with Gasteiger partial charge in [0.2, 0.25) is 5.91 Å². The minimum atomic E-state index is 0.0963. The zero-order valence-electron chi connectivity index (χ0n) is 9.79. The van der Waals surface area contributed by atoms with E-state index in [2.05, 4.69) is 28.2 Å². The highest BCUT2D eigenvalue weighted by molar-refractivity contribution is 9.10. The minimum Gasteiger partial charge on any atom is -0.353 e. The summed E-state index contributed by atoms with van der Waals surface area (Å²) in [6, 6.07) is 8.12. The van der Waals surface area contributed by atoms with Crippen LogP contribution in [-0.4, -0.2) is 11.9 Å². The largest absolute Gasteiger partial charge is 0.353 e. The molecule has 0 fully saturated rings. The fraction of sp³-hybridized carbons (Fsp3) is 0.462. The van der Waals surface area contributed by atoms with E-state index in [0.29, 0.717) is 6.42 Å². The zero-order valence-corrected chi connectivity index (χ0v) is 11.4. The van der Waals surface area contributed by atoms with Gasteiger partial charge in [-0.05, 0) is 31.0 Å². The monoisotopic (exact) mass is 283 g/mol. The average molecular weight is 284 g/mol. The molecule has 0 radical (unpaired) electrons. The van der Waals surface area contributed by atoms with Gasteiger partial charge in [-0.3, -0.25) is 4.79 Å². The van der Waals surface area contributed by atoms with Crippen LogP contribution in [0.2, 0.25) is 0 Å². The Labute approximate surface area is 106 Å². The SMILES string of the molecule is CCC[C@H](C)NC(=O)Cc1cccc(Br)c1. The molecule has 0 unspecified atom stereocenters. The van der Waals surface area contributed by atoms with Gasteiger partial charge in [0.1, 0.15) is 0 Å². The Bertz CT molecular complexity index is 352. The first-order chi connectivity index (χ1) is 7.61. The van der Waals surface area contributed by atoms with Gasteiger partial charge in [0.15, 0.2) is 0 Å². The highest BCUT2D eigenvalue weighted by atomic mass is 79.9. The first kappa shape index (κ1) is 13.2. The van der Waals surface area contributed by atoms with E-state index >= 15 is 0 Å². The Morgan fingerprint density at radius 2 is 2.25 bits per heavy atom. The molecule has 88 valence electrons. The molecule has 0 aliphatic heterocycles. The van der Waals surface area contributed by atoms with Crippen LogP contribution in [0.3, 0.4) is 0 Å². The van der Waals surface area contributed by atoms with Crippen molar-refractivity contribution in [3.05, 3.63) is 34.3 Å². The summed E-state index contributed by atoms with van der Waals surface area (Å²) in [5, 5.41) is 2.99. The van der Waals surface area contributed by atoms with Gasteiger partial charge in [-0.2, -0.15) is 0 Å². The second-order valence-corrected chi connectivity index (χ2v) is 4.98. The molecule has 0 aliphatic rings. The van der Waals surface area contributed by atoms with Crippen molar-refractivity contribution in [3.63, 3.8) is 0 Å². The van der Waals surface area contributed by atoms with Gasteiger partial charge in [-0.25, -0.2) is 0 Å². The van der Waals surface area contributed by atoms with E-state index in [-0.39, 0.29) is 11.9 Å². The number of hydrogen-bond donors (Lipinski definition) is 1. The molecule has 0 spiro atoms. The predicted octanol–water partition coefficient (Wildman–Crippen LogP) is 3.30. The summed E-state index contributed by atoms with van der Waals surface area (Å²) >= 11 is 3.40. The van der Waals surface area contributed by atoms with E-state index < -0.39 is 0 Å². The van der Waals surface area contributed by atoms with Gasteiger partial charge in [0.05, 0.1) is 6.42 Å². The van der Waals surface area contributed by atoms with Crippen molar-refractivity contribution in [1.82, 2.24) is 5.32 Å². The smallest absolute Gasteiger partial charge is 0.224 e. The number of rotatable bonds is 5. The Morgan fingerprint density at radius 3 is 2.88 bits per heavy atom. The Hall–Kier alpha value is -0.830. The summed E-state index contributed by atoms with van der Waals surface area (Å²) in [5.74, 6) is 0.0963. The van der Waals surface area contributed by atoms with Crippen LogP contribution >= 0.6 is 15.9 Å². The molecule has 16 heavy (non-hydrogen) atoms. The first-order valence-electron chi connectivity index (χ1n) is 5.65. The number of hydrogen-bond acceptors (Lipinski definition) is 1. The summed E-state index contributed by atoms with van der Waals surface area (Å²) in [4.78, 5) is 11.7. The average Bonchev–Trinajstić information content (AvgIpc) is 2.17. The van der Waals surface area contributed by atoms with Gasteiger partial charge in [0, 0.05) is 10.5 Å². The second-order valence-electron chi connectivity index (χ2n) is 4.06. The molecular formula is C13H18BrNO. The molecule has 1 aromatic rings. The summed E-state index contributed by atoms with van der Waals surface area (Å²) < 4.78 is 1.01. The summed E-state index contributed by atoms with van der Waals surface area (Å²) in [5.41, 5.74) is 1.04. The number of nitrogens with one attached hydrogen (secondary N) is 1. The molecule has 0 heterocycles. The van der Waals surface area contributed by atoms with E-state index in [1.54, 1.807) is 0 Å². The van der Waals surface area contributed by atoms with Gasteiger partial charge < -0.3 is 5.32 Å². The quantitative estimate of drug-likeness (QED) is 0.883. The maximum absolute atomic E-state index is 11.7. The summed E-state index contributed by atoms with van der Waals surface area (Å²) in [7, 11) is 0. The van der Waals surface area contributed by atoms with Crippen LogP contribution < -0.4 is 5.32 Å². The number of benzene rings is 1. The first-order valence-corrected chi connectivity index (χ1v) is 6.45. The van der Waals surface area contributed by atoms with Gasteiger partial charge in [0.25, 0.3) is 0 Å². The molecule has 3 heteroatoms. The molecule has 0 aromatic heterocycles. The van der Waals surface area contributed by atoms with E-state index in [1.807, 2.05) is 31.2 Å². The van der Waals surface area contributed by atoms with Crippen molar-refractivity contribution >= 4 is 21.8 Å². The second kappa shape index (κ2) is 6.69. The van der Waals surface area contributed by atoms with Crippen LogP contribution in [0.15, 0.2) is 28.7 Å². The molecular weight excluding hydrogens is 266 g/mol. The predicted molar refractivity (Wildman–Crippen MR) is 70.4 cm³/mol. The van der Waals surface area contributed by atoms with Crippen LogP contribution in [0.1, 0.15) is 32.3 Å². The Morgan fingerprint density at radius 1 is 1.50 bits per heavy atom. The number of halogens is 1. The highest BCUT2D eigenvalue weighted by Gasteiger charge is 2.07.